The zero-order valence-corrected chi connectivity index (χ0v) is 5.52. The van der Waals surface area contributed by atoms with E-state index in [0.717, 1.165) is 19.4 Å². The number of Topliss-reactive ketones (excluding diaryl/α,β-unsaturated/α-hetero) is 1. The molecule has 0 spiro atoms. The lowest BCUT2D eigenvalue weighted by atomic mass is 9.99. The maximum absolute atomic E-state index is 10.7. The van der Waals surface area contributed by atoms with Gasteiger partial charge >= 0.3 is 0 Å². The molecule has 0 saturated carbocycles. The van der Waals surface area contributed by atoms with Gasteiger partial charge in [0.1, 0.15) is 12.4 Å². The van der Waals surface area contributed by atoms with Gasteiger partial charge in [-0.1, -0.05) is 0 Å². The third kappa shape index (κ3) is 1.79. The van der Waals surface area contributed by atoms with E-state index in [4.69, 9.17) is 4.74 Å². The fourth-order valence-electron chi connectivity index (χ4n) is 0.864. The zero-order valence-electron chi connectivity index (χ0n) is 5.52. The van der Waals surface area contributed by atoms with E-state index in [1.54, 1.807) is 6.92 Å². The highest BCUT2D eigenvalue weighted by molar-refractivity contribution is 5.79. The molecule has 1 atom stereocenters. The fraction of sp³-hybridized carbons (Fsp3) is 0.714. The highest BCUT2D eigenvalue weighted by Crippen LogP contribution is 2.17. The smallest absolute Gasteiger partial charge is 0.143 e. The van der Waals surface area contributed by atoms with Crippen molar-refractivity contribution < 1.29 is 9.53 Å². The van der Waals surface area contributed by atoms with Gasteiger partial charge in [-0.05, 0) is 19.8 Å². The number of carbonyl (C=O) groups excluding carboxylic acids is 1. The van der Waals surface area contributed by atoms with Crippen molar-refractivity contribution in [3.63, 3.8) is 0 Å². The Morgan fingerprint density at radius 3 is 2.89 bits per heavy atom. The molecule has 0 aromatic carbocycles. The number of ether oxygens (including phenoxy) is 1. The predicted octanol–water partition coefficient (Wildman–Crippen LogP) is 1.04. The molecular formula is C7H10O2. The van der Waals surface area contributed by atoms with Gasteiger partial charge in [0.05, 0.1) is 5.92 Å². The Kier molecular flexibility index (Phi) is 2.22. The van der Waals surface area contributed by atoms with E-state index in [1.807, 2.05) is 0 Å². The van der Waals surface area contributed by atoms with Gasteiger partial charge in [0.15, 0.2) is 0 Å². The van der Waals surface area contributed by atoms with E-state index in [0.29, 0.717) is 0 Å². The normalized spacial score (nSPS) is 27.9. The Bertz CT molecular complexity index is 103. The molecule has 1 unspecified atom stereocenters. The predicted molar refractivity (Wildman–Crippen MR) is 32.6 cm³/mol. The molecule has 1 fully saturated rings. The molecule has 0 aromatic rings. The SMILES string of the molecule is CC(=O)C1[C]OCCC1. The first-order valence-electron chi connectivity index (χ1n) is 3.18. The van der Waals surface area contributed by atoms with Crippen LogP contribution < -0.4 is 0 Å². The first kappa shape index (κ1) is 6.75. The molecule has 0 N–H and O–H groups in total. The van der Waals surface area contributed by atoms with Crippen molar-refractivity contribution in [3.05, 3.63) is 6.61 Å². The summed E-state index contributed by atoms with van der Waals surface area (Å²) in [5, 5.41) is 0. The maximum atomic E-state index is 10.7. The van der Waals surface area contributed by atoms with Crippen molar-refractivity contribution in [3.8, 4) is 0 Å². The lowest BCUT2D eigenvalue weighted by molar-refractivity contribution is -0.122. The minimum Gasteiger partial charge on any atom is -0.368 e. The van der Waals surface area contributed by atoms with Crippen LogP contribution in [0.4, 0.5) is 0 Å². The summed E-state index contributed by atoms with van der Waals surface area (Å²) >= 11 is 0. The Hall–Kier alpha value is -0.370. The van der Waals surface area contributed by atoms with Gasteiger partial charge in [-0.3, -0.25) is 4.79 Å². The Morgan fingerprint density at radius 2 is 2.56 bits per heavy atom. The Morgan fingerprint density at radius 1 is 1.78 bits per heavy atom. The van der Waals surface area contributed by atoms with Crippen LogP contribution in [0.1, 0.15) is 19.8 Å². The molecule has 0 bridgehead atoms. The van der Waals surface area contributed by atoms with Crippen molar-refractivity contribution in [1.29, 1.82) is 0 Å². The number of rotatable bonds is 1. The molecule has 1 aliphatic rings. The van der Waals surface area contributed by atoms with Crippen LogP contribution in [0.3, 0.4) is 0 Å². The van der Waals surface area contributed by atoms with Gasteiger partial charge in [0.2, 0.25) is 0 Å². The molecule has 2 heteroatoms. The minimum atomic E-state index is -0.0567. The first-order chi connectivity index (χ1) is 4.30. The van der Waals surface area contributed by atoms with Crippen molar-refractivity contribution in [1.82, 2.24) is 0 Å². The van der Waals surface area contributed by atoms with Crippen LogP contribution in [0.5, 0.6) is 0 Å². The third-order valence-electron chi connectivity index (χ3n) is 1.46. The van der Waals surface area contributed by atoms with E-state index < -0.39 is 0 Å². The second-order valence-electron chi connectivity index (χ2n) is 2.27. The monoisotopic (exact) mass is 126 g/mol. The molecule has 1 rings (SSSR count). The van der Waals surface area contributed by atoms with Crippen molar-refractivity contribution in [2.45, 2.75) is 19.8 Å². The van der Waals surface area contributed by atoms with Gasteiger partial charge < -0.3 is 4.74 Å². The molecule has 0 amide bonds. The molecule has 50 valence electrons. The highest BCUT2D eigenvalue weighted by atomic mass is 16.5. The molecule has 0 aliphatic carbocycles. The van der Waals surface area contributed by atoms with Crippen LogP contribution >= 0.6 is 0 Å². The average Bonchev–Trinajstić information content (AvgIpc) is 1.90. The maximum Gasteiger partial charge on any atom is 0.143 e. The molecule has 2 radical (unpaired) electrons. The molecule has 0 aromatic heterocycles. The fourth-order valence-corrected chi connectivity index (χ4v) is 0.864. The quantitative estimate of drug-likeness (QED) is 0.524. The summed E-state index contributed by atoms with van der Waals surface area (Å²) in [6.45, 7) is 4.97. The van der Waals surface area contributed by atoms with Gasteiger partial charge in [-0.25, -0.2) is 0 Å². The van der Waals surface area contributed by atoms with Crippen LogP contribution in [0, 0.1) is 12.5 Å². The summed E-state index contributed by atoms with van der Waals surface area (Å²) in [4.78, 5) is 10.7. The topological polar surface area (TPSA) is 26.3 Å². The summed E-state index contributed by atoms with van der Waals surface area (Å²) in [5.74, 6) is 0.105. The second kappa shape index (κ2) is 2.97. The third-order valence-corrected chi connectivity index (χ3v) is 1.46. The largest absolute Gasteiger partial charge is 0.368 e. The van der Waals surface area contributed by atoms with Gasteiger partial charge in [0.25, 0.3) is 0 Å². The van der Waals surface area contributed by atoms with Gasteiger partial charge in [-0.2, -0.15) is 0 Å². The lowest BCUT2D eigenvalue weighted by Crippen LogP contribution is -2.18. The van der Waals surface area contributed by atoms with Gasteiger partial charge in [-0.15, -0.1) is 0 Å². The van der Waals surface area contributed by atoms with Crippen LogP contribution in [-0.2, 0) is 9.53 Å². The summed E-state index contributed by atoms with van der Waals surface area (Å²) in [5.41, 5.74) is 0. The molecule has 1 saturated heterocycles. The summed E-state index contributed by atoms with van der Waals surface area (Å²) in [7, 11) is 0. The van der Waals surface area contributed by atoms with Crippen molar-refractivity contribution in [2.24, 2.45) is 5.92 Å². The molecule has 9 heavy (non-hydrogen) atoms. The number of ketones is 1. The number of carbonyl (C=O) groups is 1. The second-order valence-corrected chi connectivity index (χ2v) is 2.27. The number of hydrogen-bond acceptors (Lipinski definition) is 2. The first-order valence-corrected chi connectivity index (χ1v) is 3.18. The van der Waals surface area contributed by atoms with Crippen molar-refractivity contribution >= 4 is 5.78 Å². The minimum absolute atomic E-state index is 0.0567. The van der Waals surface area contributed by atoms with E-state index in [1.165, 1.54) is 0 Å². The zero-order chi connectivity index (χ0) is 6.69. The van der Waals surface area contributed by atoms with Crippen LogP contribution in [0.2, 0.25) is 0 Å². The average molecular weight is 126 g/mol. The van der Waals surface area contributed by atoms with E-state index in [2.05, 4.69) is 6.61 Å². The van der Waals surface area contributed by atoms with Crippen LogP contribution in [-0.4, -0.2) is 12.4 Å². The Labute approximate surface area is 55.2 Å². The molecule has 1 aliphatic heterocycles. The Balaban J connectivity index is 2.31. The summed E-state index contributed by atoms with van der Waals surface area (Å²) < 4.78 is 4.87. The van der Waals surface area contributed by atoms with E-state index in [9.17, 15) is 4.79 Å². The summed E-state index contributed by atoms with van der Waals surface area (Å²) in [6.07, 6.45) is 1.90. The van der Waals surface area contributed by atoms with Crippen LogP contribution in [0.25, 0.3) is 0 Å². The van der Waals surface area contributed by atoms with Crippen LogP contribution in [0.15, 0.2) is 0 Å². The molecule has 2 nitrogen and oxygen atoms in total. The summed E-state index contributed by atoms with van der Waals surface area (Å²) in [6, 6.07) is 0. The van der Waals surface area contributed by atoms with E-state index in [-0.39, 0.29) is 11.7 Å². The molecular weight excluding hydrogens is 116 g/mol. The lowest BCUT2D eigenvalue weighted by Gasteiger charge is -2.16. The van der Waals surface area contributed by atoms with Gasteiger partial charge in [0, 0.05) is 6.61 Å². The highest BCUT2D eigenvalue weighted by Gasteiger charge is 2.18. The molecule has 1 heterocycles. The standard InChI is InChI=1S/C7H10O2/c1-6(8)7-3-2-4-9-5-7/h7H,2-4H2,1H3. The van der Waals surface area contributed by atoms with E-state index >= 15 is 0 Å². The van der Waals surface area contributed by atoms with Crippen molar-refractivity contribution in [2.75, 3.05) is 6.61 Å². The number of hydrogen-bond donors (Lipinski definition) is 0.